The van der Waals surface area contributed by atoms with Gasteiger partial charge in [0, 0.05) is 23.4 Å². The van der Waals surface area contributed by atoms with Crippen LogP contribution in [0.4, 0.5) is 14.5 Å². The van der Waals surface area contributed by atoms with Gasteiger partial charge in [0.15, 0.2) is 0 Å². The lowest BCUT2D eigenvalue weighted by Crippen LogP contribution is -2.35. The molecular weight excluding hydrogens is 398 g/mol. The Morgan fingerprint density at radius 3 is 2.19 bits per heavy atom. The van der Waals surface area contributed by atoms with Gasteiger partial charge in [0.2, 0.25) is 0 Å². The molecule has 1 N–H and O–H groups in total. The summed E-state index contributed by atoms with van der Waals surface area (Å²) in [6, 6.07) is 16.5. The topological polar surface area (TPSA) is 49.4 Å². The lowest BCUT2D eigenvalue weighted by Gasteiger charge is -2.30. The molecule has 31 heavy (non-hydrogen) atoms. The van der Waals surface area contributed by atoms with Gasteiger partial charge in [-0.25, -0.2) is 8.78 Å². The van der Waals surface area contributed by atoms with E-state index in [-0.39, 0.29) is 29.5 Å². The van der Waals surface area contributed by atoms with Crippen molar-refractivity contribution in [3.8, 4) is 0 Å². The van der Waals surface area contributed by atoms with Crippen molar-refractivity contribution in [1.82, 2.24) is 5.32 Å². The molecule has 0 aliphatic carbocycles. The van der Waals surface area contributed by atoms with Crippen LogP contribution in [0, 0.1) is 11.6 Å². The summed E-state index contributed by atoms with van der Waals surface area (Å²) in [4.78, 5) is 27.3. The van der Waals surface area contributed by atoms with E-state index in [1.54, 1.807) is 29.2 Å². The molecule has 0 aromatic heterocycles. The van der Waals surface area contributed by atoms with Crippen LogP contribution in [0.5, 0.6) is 0 Å². The van der Waals surface area contributed by atoms with E-state index in [9.17, 15) is 18.4 Å². The number of halogens is 2. The van der Waals surface area contributed by atoms with Crippen molar-refractivity contribution in [2.75, 3.05) is 11.4 Å². The van der Waals surface area contributed by atoms with Gasteiger partial charge in [0.05, 0.1) is 6.04 Å². The molecule has 1 atom stereocenters. The molecule has 2 amide bonds. The number of hydrogen-bond donors (Lipinski definition) is 1. The molecular formula is C25H22F2N2O2. The third-order valence-corrected chi connectivity index (χ3v) is 5.51. The molecule has 0 spiro atoms. The maximum absolute atomic E-state index is 13.2. The monoisotopic (exact) mass is 420 g/mol. The van der Waals surface area contributed by atoms with Crippen molar-refractivity contribution in [2.24, 2.45) is 0 Å². The number of aryl methyl sites for hydroxylation is 1. The smallest absolute Gasteiger partial charge is 0.258 e. The second-order valence-corrected chi connectivity index (χ2v) is 7.66. The van der Waals surface area contributed by atoms with Crippen molar-refractivity contribution in [3.63, 3.8) is 0 Å². The van der Waals surface area contributed by atoms with Gasteiger partial charge in [-0.1, -0.05) is 12.1 Å². The molecule has 1 heterocycles. The van der Waals surface area contributed by atoms with Gasteiger partial charge in [0.1, 0.15) is 11.6 Å². The van der Waals surface area contributed by atoms with Crippen molar-refractivity contribution in [3.05, 3.63) is 101 Å². The molecule has 1 aliphatic heterocycles. The van der Waals surface area contributed by atoms with Crippen LogP contribution in [-0.4, -0.2) is 18.4 Å². The van der Waals surface area contributed by atoms with Gasteiger partial charge in [-0.3, -0.25) is 9.59 Å². The maximum atomic E-state index is 13.2. The normalized spacial score (nSPS) is 14.0. The average molecular weight is 420 g/mol. The summed E-state index contributed by atoms with van der Waals surface area (Å²) in [5, 5.41) is 2.93. The highest BCUT2D eigenvalue weighted by Crippen LogP contribution is 2.29. The third kappa shape index (κ3) is 4.48. The number of fused-ring (bicyclic) bond motifs is 1. The van der Waals surface area contributed by atoms with Gasteiger partial charge in [-0.05, 0) is 85.5 Å². The molecule has 4 rings (SSSR count). The first-order valence-electron chi connectivity index (χ1n) is 10.2. The number of hydrogen-bond acceptors (Lipinski definition) is 2. The summed E-state index contributed by atoms with van der Waals surface area (Å²) in [5.41, 5.74) is 3.42. The van der Waals surface area contributed by atoms with Gasteiger partial charge >= 0.3 is 0 Å². The fourth-order valence-electron chi connectivity index (χ4n) is 3.81. The molecule has 1 aliphatic rings. The number of anilines is 1. The summed E-state index contributed by atoms with van der Waals surface area (Å²) in [6.45, 7) is 2.41. The average Bonchev–Trinajstić information content (AvgIpc) is 2.78. The van der Waals surface area contributed by atoms with Gasteiger partial charge in [0.25, 0.3) is 11.8 Å². The van der Waals surface area contributed by atoms with E-state index in [0.717, 1.165) is 29.7 Å². The van der Waals surface area contributed by atoms with Crippen LogP contribution < -0.4 is 10.2 Å². The van der Waals surface area contributed by atoms with E-state index >= 15 is 0 Å². The molecule has 158 valence electrons. The van der Waals surface area contributed by atoms with Gasteiger partial charge in [-0.15, -0.1) is 0 Å². The van der Waals surface area contributed by atoms with Crippen molar-refractivity contribution in [2.45, 2.75) is 25.8 Å². The SMILES string of the molecule is CC(NC(=O)c1ccc2c(c1)CCCN2C(=O)c1ccc(F)cc1)c1ccc(F)cc1. The number of carbonyl (C=O) groups excluding carboxylic acids is 2. The summed E-state index contributed by atoms with van der Waals surface area (Å²) in [6.07, 6.45) is 1.54. The van der Waals surface area contributed by atoms with Crippen molar-refractivity contribution < 1.29 is 18.4 Å². The second-order valence-electron chi connectivity index (χ2n) is 7.66. The van der Waals surface area contributed by atoms with Crippen LogP contribution in [-0.2, 0) is 6.42 Å². The van der Waals surface area contributed by atoms with Crippen LogP contribution in [0.25, 0.3) is 0 Å². The molecule has 0 fully saturated rings. The zero-order chi connectivity index (χ0) is 22.0. The molecule has 4 nitrogen and oxygen atoms in total. The fourth-order valence-corrected chi connectivity index (χ4v) is 3.81. The molecule has 0 saturated heterocycles. The van der Waals surface area contributed by atoms with Crippen LogP contribution in [0.15, 0.2) is 66.7 Å². The number of nitrogens with zero attached hydrogens (tertiary/aromatic N) is 1. The first-order chi connectivity index (χ1) is 14.9. The lowest BCUT2D eigenvalue weighted by atomic mass is 9.97. The Morgan fingerprint density at radius 2 is 1.52 bits per heavy atom. The van der Waals surface area contributed by atoms with E-state index < -0.39 is 0 Å². The number of rotatable bonds is 4. The van der Waals surface area contributed by atoms with E-state index in [2.05, 4.69) is 5.32 Å². The summed E-state index contributed by atoms with van der Waals surface area (Å²) in [7, 11) is 0. The molecule has 0 bridgehead atoms. The molecule has 3 aromatic rings. The zero-order valence-electron chi connectivity index (χ0n) is 17.1. The Hall–Kier alpha value is -3.54. The van der Waals surface area contributed by atoms with Gasteiger partial charge in [-0.2, -0.15) is 0 Å². The summed E-state index contributed by atoms with van der Waals surface area (Å²) < 4.78 is 26.3. The number of amides is 2. The molecule has 3 aromatic carbocycles. The number of carbonyl (C=O) groups is 2. The Balaban J connectivity index is 1.52. The highest BCUT2D eigenvalue weighted by Gasteiger charge is 2.25. The van der Waals surface area contributed by atoms with E-state index in [1.165, 1.54) is 36.4 Å². The highest BCUT2D eigenvalue weighted by atomic mass is 19.1. The van der Waals surface area contributed by atoms with Crippen LogP contribution >= 0.6 is 0 Å². The molecule has 0 saturated carbocycles. The lowest BCUT2D eigenvalue weighted by molar-refractivity contribution is 0.0939. The van der Waals surface area contributed by atoms with E-state index in [0.29, 0.717) is 17.7 Å². The third-order valence-electron chi connectivity index (χ3n) is 5.51. The minimum absolute atomic E-state index is 0.192. The standard InChI is InChI=1S/C25H22F2N2O2/c1-16(17-4-9-21(26)10-5-17)28-24(30)20-8-13-23-19(15-20)3-2-14-29(23)25(31)18-6-11-22(27)12-7-18/h4-13,15-16H,2-3,14H2,1H3,(H,28,30). The Morgan fingerprint density at radius 1 is 0.903 bits per heavy atom. The van der Waals surface area contributed by atoms with Crippen LogP contribution in [0.3, 0.4) is 0 Å². The van der Waals surface area contributed by atoms with Crippen LogP contribution in [0.2, 0.25) is 0 Å². The van der Waals surface area contributed by atoms with Crippen LogP contribution in [0.1, 0.15) is 51.2 Å². The maximum Gasteiger partial charge on any atom is 0.258 e. The summed E-state index contributed by atoms with van der Waals surface area (Å²) in [5.74, 6) is -1.14. The largest absolute Gasteiger partial charge is 0.346 e. The summed E-state index contributed by atoms with van der Waals surface area (Å²) >= 11 is 0. The molecule has 0 radical (unpaired) electrons. The second kappa shape index (κ2) is 8.68. The Labute approximate surface area is 179 Å². The Kier molecular flexibility index (Phi) is 5.80. The first-order valence-corrected chi connectivity index (χ1v) is 10.2. The van der Waals surface area contributed by atoms with E-state index in [4.69, 9.17) is 0 Å². The zero-order valence-corrected chi connectivity index (χ0v) is 17.1. The predicted octanol–water partition coefficient (Wildman–Crippen LogP) is 5.05. The molecule has 6 heteroatoms. The predicted molar refractivity (Wildman–Crippen MR) is 115 cm³/mol. The highest BCUT2D eigenvalue weighted by molar-refractivity contribution is 6.07. The number of nitrogens with one attached hydrogen (secondary N) is 1. The quantitative estimate of drug-likeness (QED) is 0.642. The van der Waals surface area contributed by atoms with Crippen molar-refractivity contribution >= 4 is 17.5 Å². The fraction of sp³-hybridized carbons (Fsp3) is 0.200. The van der Waals surface area contributed by atoms with E-state index in [1.807, 2.05) is 13.0 Å². The minimum Gasteiger partial charge on any atom is -0.346 e. The van der Waals surface area contributed by atoms with Gasteiger partial charge < -0.3 is 10.2 Å². The first kappa shape index (κ1) is 20.7. The Bertz CT molecular complexity index is 1110. The minimum atomic E-state index is -0.388. The molecule has 1 unspecified atom stereocenters. The van der Waals surface area contributed by atoms with Crippen molar-refractivity contribution in [1.29, 1.82) is 0 Å². The number of benzene rings is 3.